The molecular formula is C17H26O5. The summed E-state index contributed by atoms with van der Waals surface area (Å²) < 4.78 is 5.09. The van der Waals surface area contributed by atoms with E-state index in [4.69, 9.17) is 4.74 Å². The van der Waals surface area contributed by atoms with Gasteiger partial charge in [0.15, 0.2) is 0 Å². The summed E-state index contributed by atoms with van der Waals surface area (Å²) in [5.74, 6) is -0.872. The van der Waals surface area contributed by atoms with Crippen molar-refractivity contribution in [2.24, 2.45) is 28.6 Å². The highest BCUT2D eigenvalue weighted by molar-refractivity contribution is 5.76. The first-order chi connectivity index (χ1) is 10.1. The summed E-state index contributed by atoms with van der Waals surface area (Å²) in [4.78, 5) is 23.1. The number of carboxylic acid groups (broad SMARTS) is 1. The first kappa shape index (κ1) is 15.8. The molecule has 5 nitrogen and oxygen atoms in total. The molecule has 0 amide bonds. The summed E-state index contributed by atoms with van der Waals surface area (Å²) in [7, 11) is 0. The fourth-order valence-electron chi connectivity index (χ4n) is 5.94. The Hall–Kier alpha value is -1.10. The number of hydrogen-bond acceptors (Lipinski definition) is 4. The van der Waals surface area contributed by atoms with Gasteiger partial charge in [0, 0.05) is 6.92 Å². The number of carboxylic acids is 1. The maximum Gasteiger partial charge on any atom is 0.309 e. The highest BCUT2D eigenvalue weighted by atomic mass is 16.5. The Morgan fingerprint density at radius 2 is 1.82 bits per heavy atom. The van der Waals surface area contributed by atoms with E-state index >= 15 is 0 Å². The summed E-state index contributed by atoms with van der Waals surface area (Å²) in [6, 6.07) is 0. The number of hydrogen-bond donors (Lipinski definition) is 2. The lowest BCUT2D eigenvalue weighted by atomic mass is 9.61. The molecule has 3 aliphatic rings. The Kier molecular flexibility index (Phi) is 3.37. The summed E-state index contributed by atoms with van der Waals surface area (Å²) >= 11 is 0. The Morgan fingerprint density at radius 1 is 1.18 bits per heavy atom. The number of ether oxygens (including phenoxy) is 1. The van der Waals surface area contributed by atoms with Crippen molar-refractivity contribution in [3.63, 3.8) is 0 Å². The van der Waals surface area contributed by atoms with Gasteiger partial charge in [-0.25, -0.2) is 0 Å². The maximum absolute atomic E-state index is 12.0. The smallest absolute Gasteiger partial charge is 0.309 e. The second-order valence-corrected chi connectivity index (χ2v) is 8.33. The Bertz CT molecular complexity index is 513. The van der Waals surface area contributed by atoms with Crippen LogP contribution in [0, 0.1) is 28.6 Å². The molecule has 22 heavy (non-hydrogen) atoms. The van der Waals surface area contributed by atoms with E-state index < -0.39 is 23.0 Å². The van der Waals surface area contributed by atoms with E-state index in [0.29, 0.717) is 31.6 Å². The zero-order valence-electron chi connectivity index (χ0n) is 13.6. The molecule has 0 heterocycles. The van der Waals surface area contributed by atoms with Crippen LogP contribution < -0.4 is 0 Å². The van der Waals surface area contributed by atoms with Crippen molar-refractivity contribution in [3.05, 3.63) is 0 Å². The molecule has 5 unspecified atom stereocenters. The van der Waals surface area contributed by atoms with Crippen LogP contribution in [0.3, 0.4) is 0 Å². The summed E-state index contributed by atoms with van der Waals surface area (Å²) in [6.07, 6.45) is 3.41. The SMILES string of the molecule is CC(=O)OCC1(O)CCC2C3C1CCC3(C(=O)O)CC2(C)C. The zero-order valence-corrected chi connectivity index (χ0v) is 13.6. The van der Waals surface area contributed by atoms with Gasteiger partial charge in [-0.05, 0) is 55.3 Å². The molecule has 3 fully saturated rings. The third kappa shape index (κ3) is 2.01. The lowest BCUT2D eigenvalue weighted by Crippen LogP contribution is -2.52. The van der Waals surface area contributed by atoms with Crippen LogP contribution >= 0.6 is 0 Å². The third-order valence-electron chi connectivity index (χ3n) is 6.71. The van der Waals surface area contributed by atoms with Gasteiger partial charge in [-0.15, -0.1) is 0 Å². The van der Waals surface area contributed by atoms with Crippen LogP contribution in [0.5, 0.6) is 0 Å². The fraction of sp³-hybridized carbons (Fsp3) is 0.882. The van der Waals surface area contributed by atoms with Gasteiger partial charge in [0.05, 0.1) is 5.41 Å². The Balaban J connectivity index is 1.94. The van der Waals surface area contributed by atoms with Crippen molar-refractivity contribution in [2.75, 3.05) is 6.61 Å². The van der Waals surface area contributed by atoms with Gasteiger partial charge in [-0.3, -0.25) is 9.59 Å². The molecule has 3 rings (SSSR count). The maximum atomic E-state index is 12.0. The summed E-state index contributed by atoms with van der Waals surface area (Å²) in [6.45, 7) is 5.65. The molecule has 2 N–H and O–H groups in total. The molecule has 0 saturated heterocycles. The number of aliphatic hydroxyl groups is 1. The molecule has 0 aromatic heterocycles. The van der Waals surface area contributed by atoms with Crippen molar-refractivity contribution in [3.8, 4) is 0 Å². The summed E-state index contributed by atoms with van der Waals surface area (Å²) in [5.41, 5.74) is -1.78. The molecule has 0 aromatic carbocycles. The Labute approximate surface area is 131 Å². The van der Waals surface area contributed by atoms with Crippen molar-refractivity contribution >= 4 is 11.9 Å². The molecule has 5 atom stereocenters. The predicted octanol–water partition coefficient (Wildman–Crippen LogP) is 2.22. The van der Waals surface area contributed by atoms with Crippen LogP contribution in [0.15, 0.2) is 0 Å². The number of aliphatic carboxylic acids is 1. The zero-order chi connectivity index (χ0) is 16.3. The molecule has 0 radical (unpaired) electrons. The topological polar surface area (TPSA) is 83.8 Å². The molecule has 0 spiro atoms. The van der Waals surface area contributed by atoms with Gasteiger partial charge in [0.25, 0.3) is 0 Å². The van der Waals surface area contributed by atoms with Crippen LogP contribution in [0.2, 0.25) is 0 Å². The number of esters is 1. The van der Waals surface area contributed by atoms with Crippen LogP contribution in [-0.4, -0.2) is 34.4 Å². The molecule has 0 aromatic rings. The van der Waals surface area contributed by atoms with Gasteiger partial charge >= 0.3 is 11.9 Å². The Morgan fingerprint density at radius 3 is 2.41 bits per heavy atom. The van der Waals surface area contributed by atoms with E-state index in [1.54, 1.807) is 0 Å². The lowest BCUT2D eigenvalue weighted by molar-refractivity contribution is -0.168. The minimum atomic E-state index is -1.07. The highest BCUT2D eigenvalue weighted by Gasteiger charge is 2.70. The van der Waals surface area contributed by atoms with Gasteiger partial charge in [-0.1, -0.05) is 13.8 Å². The van der Waals surface area contributed by atoms with E-state index in [0.717, 1.165) is 6.42 Å². The molecule has 3 aliphatic carbocycles. The van der Waals surface area contributed by atoms with E-state index in [2.05, 4.69) is 13.8 Å². The average molecular weight is 310 g/mol. The quantitative estimate of drug-likeness (QED) is 0.781. The predicted molar refractivity (Wildman–Crippen MR) is 79.0 cm³/mol. The monoisotopic (exact) mass is 310 g/mol. The van der Waals surface area contributed by atoms with Gasteiger partial charge in [-0.2, -0.15) is 0 Å². The van der Waals surface area contributed by atoms with Crippen molar-refractivity contribution in [2.45, 2.75) is 58.5 Å². The second-order valence-electron chi connectivity index (χ2n) is 8.33. The van der Waals surface area contributed by atoms with E-state index in [-0.39, 0.29) is 23.9 Å². The first-order valence-corrected chi connectivity index (χ1v) is 8.22. The number of carbonyl (C=O) groups excluding carboxylic acids is 1. The van der Waals surface area contributed by atoms with Crippen LogP contribution in [0.4, 0.5) is 0 Å². The molecule has 124 valence electrons. The molecule has 5 heteroatoms. The second kappa shape index (κ2) is 4.70. The molecule has 0 bridgehead atoms. The summed E-state index contributed by atoms with van der Waals surface area (Å²) in [5, 5.41) is 20.9. The molecule has 3 saturated carbocycles. The largest absolute Gasteiger partial charge is 0.481 e. The number of carbonyl (C=O) groups is 2. The first-order valence-electron chi connectivity index (χ1n) is 8.22. The minimum Gasteiger partial charge on any atom is -0.481 e. The number of rotatable bonds is 3. The molecular weight excluding hydrogens is 284 g/mol. The van der Waals surface area contributed by atoms with Gasteiger partial charge < -0.3 is 14.9 Å². The normalized spacial score (nSPS) is 45.4. The van der Waals surface area contributed by atoms with Gasteiger partial charge in [0.2, 0.25) is 0 Å². The van der Waals surface area contributed by atoms with Gasteiger partial charge in [0.1, 0.15) is 12.2 Å². The van der Waals surface area contributed by atoms with Crippen molar-refractivity contribution in [1.82, 2.24) is 0 Å². The average Bonchev–Trinajstić information content (AvgIpc) is 2.88. The van der Waals surface area contributed by atoms with Crippen LogP contribution in [0.1, 0.15) is 52.9 Å². The fourth-order valence-corrected chi connectivity index (χ4v) is 5.94. The minimum absolute atomic E-state index is 0.00527. The van der Waals surface area contributed by atoms with Crippen molar-refractivity contribution in [1.29, 1.82) is 0 Å². The standard InChI is InChI=1S/C17H26O5/c1-10(18)22-9-17(21)7-5-11-13-12(17)4-6-16(13,14(19)20)8-15(11,2)3/h11-13,21H,4-9H2,1-3H3,(H,19,20). The lowest BCUT2D eigenvalue weighted by Gasteiger charge is -2.47. The van der Waals surface area contributed by atoms with Crippen LogP contribution in [0.25, 0.3) is 0 Å². The van der Waals surface area contributed by atoms with E-state index in [9.17, 15) is 19.8 Å². The molecule has 0 aliphatic heterocycles. The van der Waals surface area contributed by atoms with Crippen molar-refractivity contribution < 1.29 is 24.5 Å². The van der Waals surface area contributed by atoms with E-state index in [1.165, 1.54) is 6.92 Å². The highest BCUT2D eigenvalue weighted by Crippen LogP contribution is 2.70. The van der Waals surface area contributed by atoms with Crippen LogP contribution in [-0.2, 0) is 14.3 Å². The third-order valence-corrected chi connectivity index (χ3v) is 6.71. The van der Waals surface area contributed by atoms with E-state index in [1.807, 2.05) is 0 Å².